The normalized spacial score (nSPS) is 10.6. The minimum absolute atomic E-state index is 0.0795. The lowest BCUT2D eigenvalue weighted by atomic mass is 10.2. The van der Waals surface area contributed by atoms with Crippen LogP contribution in [0.25, 0.3) is 0 Å². The lowest BCUT2D eigenvalue weighted by Crippen LogP contribution is -2.18. The number of benzene rings is 1. The van der Waals surface area contributed by atoms with Crippen LogP contribution in [0.4, 0.5) is 0 Å². The average molecular weight is 296 g/mol. The Labute approximate surface area is 116 Å². The fraction of sp³-hybridized carbons (Fsp3) is 0.0909. The molecule has 0 unspecified atom stereocenters. The second-order valence-electron chi connectivity index (χ2n) is 3.48. The van der Waals surface area contributed by atoms with Crippen LogP contribution in [0.15, 0.2) is 42.1 Å². The van der Waals surface area contributed by atoms with Gasteiger partial charge < -0.3 is 4.74 Å². The maximum Gasteiger partial charge on any atom is 0.410 e. The Balaban J connectivity index is 2.74. The van der Waals surface area contributed by atoms with Crippen molar-refractivity contribution < 1.29 is 29.2 Å². The molecule has 0 spiro atoms. The third-order valence-corrected chi connectivity index (χ3v) is 2.04. The molecule has 10 nitrogen and oxygen atoms in total. The number of hydrogen-bond acceptors (Lipinski definition) is 8. The van der Waals surface area contributed by atoms with E-state index < -0.39 is 27.6 Å². The second-order valence-corrected chi connectivity index (χ2v) is 3.48. The molecule has 10 heteroatoms. The smallest absolute Gasteiger partial charge is 0.410 e. The summed E-state index contributed by atoms with van der Waals surface area (Å²) in [6, 6.07) is 8.29. The Morgan fingerprint density at radius 1 is 1.14 bits per heavy atom. The summed E-state index contributed by atoms with van der Waals surface area (Å²) in [5.41, 5.74) is -0.695. The van der Waals surface area contributed by atoms with Gasteiger partial charge in [-0.1, -0.05) is 30.3 Å². The number of carbonyl (C=O) groups is 2. The number of rotatable bonds is 6. The quantitative estimate of drug-likeness (QED) is 0.322. The highest BCUT2D eigenvalue weighted by molar-refractivity contribution is 5.94. The molecule has 1 aromatic carbocycles. The Morgan fingerprint density at radius 3 is 2.29 bits per heavy atom. The third-order valence-electron chi connectivity index (χ3n) is 2.04. The maximum absolute atomic E-state index is 11.5. The van der Waals surface area contributed by atoms with Crippen LogP contribution in [0.5, 0.6) is 0 Å². The van der Waals surface area contributed by atoms with Gasteiger partial charge in [0.1, 0.15) is 6.61 Å². The van der Waals surface area contributed by atoms with E-state index in [2.05, 4.69) is 9.57 Å². The van der Waals surface area contributed by atoms with Crippen LogP contribution in [-0.4, -0.2) is 21.9 Å². The molecule has 21 heavy (non-hydrogen) atoms. The molecule has 0 atom stereocenters. The monoisotopic (exact) mass is 296 g/mol. The van der Waals surface area contributed by atoms with Crippen LogP contribution < -0.4 is 0 Å². The van der Waals surface area contributed by atoms with Crippen molar-refractivity contribution >= 4 is 11.9 Å². The van der Waals surface area contributed by atoms with Crippen LogP contribution in [0.2, 0.25) is 0 Å². The van der Waals surface area contributed by atoms with Crippen LogP contribution in [0.1, 0.15) is 5.56 Å². The van der Waals surface area contributed by atoms with E-state index >= 15 is 0 Å². The van der Waals surface area contributed by atoms with Gasteiger partial charge in [0, 0.05) is 0 Å². The van der Waals surface area contributed by atoms with Gasteiger partial charge in [0.15, 0.2) is 0 Å². The van der Waals surface area contributed by atoms with E-state index in [1.807, 2.05) is 0 Å². The average Bonchev–Trinajstić information content (AvgIpc) is 2.42. The molecule has 0 aliphatic rings. The fourth-order valence-corrected chi connectivity index (χ4v) is 1.19. The van der Waals surface area contributed by atoms with E-state index in [1.165, 1.54) is 0 Å². The standard InChI is InChI=1S/C11H8N2O8/c14-10(21-13(18)19)6-9(12(16)17)11(15)20-7-8-4-2-1-3-5-8/h1-6H,7H2/b9-6+. The van der Waals surface area contributed by atoms with Crippen molar-refractivity contribution in [1.82, 2.24) is 0 Å². The first kappa shape index (κ1) is 15.8. The zero-order valence-electron chi connectivity index (χ0n) is 10.3. The predicted octanol–water partition coefficient (Wildman–Crippen LogP) is 0.625. The van der Waals surface area contributed by atoms with Gasteiger partial charge in [-0.2, -0.15) is 0 Å². The van der Waals surface area contributed by atoms with E-state index in [0.29, 0.717) is 5.56 Å². The van der Waals surface area contributed by atoms with Crippen molar-refractivity contribution in [3.8, 4) is 0 Å². The van der Waals surface area contributed by atoms with Gasteiger partial charge in [0.25, 0.3) is 0 Å². The molecule has 0 fully saturated rings. The molecule has 1 aromatic rings. The van der Waals surface area contributed by atoms with Gasteiger partial charge in [-0.25, -0.2) is 9.63 Å². The Hall–Kier alpha value is -3.30. The van der Waals surface area contributed by atoms with Crippen molar-refractivity contribution in [1.29, 1.82) is 0 Å². The summed E-state index contributed by atoms with van der Waals surface area (Å²) in [5, 5.41) is 19.1. The van der Waals surface area contributed by atoms with Gasteiger partial charge in [-0.15, -0.1) is 10.1 Å². The maximum atomic E-state index is 11.5. The molecule has 0 aromatic heterocycles. The first-order valence-electron chi connectivity index (χ1n) is 5.33. The lowest BCUT2D eigenvalue weighted by molar-refractivity contribution is -0.728. The largest absolute Gasteiger partial charge is 0.453 e. The van der Waals surface area contributed by atoms with Gasteiger partial charge in [0.05, 0.1) is 11.0 Å². The molecule has 0 aliphatic carbocycles. The van der Waals surface area contributed by atoms with Crippen molar-refractivity contribution in [2.45, 2.75) is 6.61 Å². The van der Waals surface area contributed by atoms with E-state index in [1.54, 1.807) is 30.3 Å². The topological polar surface area (TPSA) is 139 Å². The number of ether oxygens (including phenoxy) is 1. The molecule has 0 amide bonds. The molecule has 0 radical (unpaired) electrons. The molecule has 0 N–H and O–H groups in total. The summed E-state index contributed by atoms with van der Waals surface area (Å²) in [5.74, 6) is -3.08. The number of nitro groups is 1. The number of carbonyl (C=O) groups excluding carboxylic acids is 2. The molecule has 0 bridgehead atoms. The zero-order valence-corrected chi connectivity index (χ0v) is 10.3. The van der Waals surface area contributed by atoms with Crippen molar-refractivity contribution in [2.24, 2.45) is 0 Å². The molecule has 1 rings (SSSR count). The minimum Gasteiger partial charge on any atom is -0.453 e. The predicted molar refractivity (Wildman–Crippen MR) is 64.4 cm³/mol. The summed E-state index contributed by atoms with van der Waals surface area (Å²) >= 11 is 0. The van der Waals surface area contributed by atoms with Crippen molar-refractivity contribution in [3.05, 3.63) is 67.9 Å². The van der Waals surface area contributed by atoms with E-state index in [4.69, 9.17) is 0 Å². The van der Waals surface area contributed by atoms with Crippen LogP contribution in [0, 0.1) is 20.2 Å². The Morgan fingerprint density at radius 2 is 1.76 bits per heavy atom. The highest BCUT2D eigenvalue weighted by Gasteiger charge is 2.26. The highest BCUT2D eigenvalue weighted by atomic mass is 17.0. The lowest BCUT2D eigenvalue weighted by Gasteiger charge is -2.02. The molecular weight excluding hydrogens is 288 g/mol. The van der Waals surface area contributed by atoms with Gasteiger partial charge >= 0.3 is 22.7 Å². The summed E-state index contributed by atoms with van der Waals surface area (Å²) in [4.78, 5) is 45.1. The van der Waals surface area contributed by atoms with Gasteiger partial charge in [-0.3, -0.25) is 14.9 Å². The van der Waals surface area contributed by atoms with Crippen LogP contribution >= 0.6 is 0 Å². The van der Waals surface area contributed by atoms with Gasteiger partial charge in [0.2, 0.25) is 0 Å². The Kier molecular flexibility index (Phi) is 5.50. The summed E-state index contributed by atoms with van der Waals surface area (Å²) in [6.45, 7) is -0.255. The number of hydrogen-bond donors (Lipinski definition) is 0. The summed E-state index contributed by atoms with van der Waals surface area (Å²) in [7, 11) is 0. The third kappa shape index (κ3) is 5.46. The summed E-state index contributed by atoms with van der Waals surface area (Å²) < 4.78 is 4.63. The van der Waals surface area contributed by atoms with E-state index in [-0.39, 0.29) is 12.7 Å². The van der Waals surface area contributed by atoms with E-state index in [9.17, 15) is 29.8 Å². The first-order chi connectivity index (χ1) is 9.90. The molecular formula is C11H8N2O8. The SMILES string of the molecule is O=C(/C=C(\C(=O)OCc1ccccc1)[N+](=O)[O-])O[N+](=O)[O-]. The van der Waals surface area contributed by atoms with Crippen molar-refractivity contribution in [2.75, 3.05) is 0 Å². The second kappa shape index (κ2) is 7.33. The van der Waals surface area contributed by atoms with E-state index in [0.717, 1.165) is 0 Å². The molecule has 110 valence electrons. The Bertz CT molecular complexity index is 596. The molecule has 0 aliphatic heterocycles. The molecule has 0 heterocycles. The highest BCUT2D eigenvalue weighted by Crippen LogP contribution is 2.05. The first-order valence-corrected chi connectivity index (χ1v) is 5.33. The summed E-state index contributed by atoms with van der Waals surface area (Å²) in [6.07, 6.45) is 0.0795. The van der Waals surface area contributed by atoms with Crippen LogP contribution in [0.3, 0.4) is 0 Å². The van der Waals surface area contributed by atoms with Crippen molar-refractivity contribution in [3.63, 3.8) is 0 Å². The minimum atomic E-state index is -1.66. The number of esters is 1. The number of nitrogens with zero attached hydrogens (tertiary/aromatic N) is 2. The molecule has 0 saturated heterocycles. The van der Waals surface area contributed by atoms with Gasteiger partial charge in [-0.05, 0) is 5.56 Å². The fourth-order valence-electron chi connectivity index (χ4n) is 1.19. The zero-order chi connectivity index (χ0) is 15.8. The van der Waals surface area contributed by atoms with Crippen LogP contribution in [-0.2, 0) is 25.8 Å². The molecule has 0 saturated carbocycles.